The lowest BCUT2D eigenvalue weighted by Gasteiger charge is -2.28. The molecule has 1 fully saturated rings. The average molecular weight is 1110 g/mol. The third-order valence-corrected chi connectivity index (χ3v) is 13.7. The fraction of sp³-hybridized carbons (Fsp3) is 0.845. The van der Waals surface area contributed by atoms with Crippen molar-refractivity contribution in [2.45, 2.75) is 226 Å². The third-order valence-electron chi connectivity index (χ3n) is 13.7. The second-order valence-corrected chi connectivity index (χ2v) is 20.5. The van der Waals surface area contributed by atoms with Crippen LogP contribution in [0.1, 0.15) is 220 Å². The molecule has 0 spiro atoms. The molecule has 1 aliphatic rings. The number of rotatable bonds is 52. The van der Waals surface area contributed by atoms with Crippen LogP contribution in [0.3, 0.4) is 0 Å². The number of ketones is 2. The molecular formula is C58H104N4O16. The maximum atomic E-state index is 13.0. The molecule has 20 heteroatoms. The minimum absolute atomic E-state index is 0.00911. The highest BCUT2D eigenvalue weighted by molar-refractivity contribution is 5.86. The first-order valence-corrected chi connectivity index (χ1v) is 29.7. The second kappa shape index (κ2) is 51.9. The van der Waals surface area contributed by atoms with Crippen LogP contribution >= 0.6 is 0 Å². The Morgan fingerprint density at radius 2 is 1.01 bits per heavy atom. The number of carbonyl (C=O) groups excluding carboxylic acids is 6. The summed E-state index contributed by atoms with van der Waals surface area (Å²) in [5, 5.41) is 38.3. The maximum Gasteiger partial charge on any atom is 0.326 e. The van der Waals surface area contributed by atoms with Crippen LogP contribution in [-0.4, -0.2) is 147 Å². The number of Topliss-reactive ketones (excluding diaryl/α,β-unsaturated/α-hetero) is 2. The van der Waals surface area contributed by atoms with Crippen molar-refractivity contribution in [1.82, 2.24) is 21.3 Å². The van der Waals surface area contributed by atoms with Crippen LogP contribution in [0.15, 0.2) is 0 Å². The van der Waals surface area contributed by atoms with E-state index in [1.165, 1.54) is 70.6 Å². The van der Waals surface area contributed by atoms with E-state index < -0.39 is 35.8 Å². The molecule has 78 heavy (non-hydrogen) atoms. The molecule has 0 heterocycles. The highest BCUT2D eigenvalue weighted by Gasteiger charge is 2.30. The second-order valence-electron chi connectivity index (χ2n) is 20.5. The van der Waals surface area contributed by atoms with Gasteiger partial charge in [0.05, 0.1) is 25.7 Å². The largest absolute Gasteiger partial charge is 0.481 e. The minimum Gasteiger partial charge on any atom is -0.481 e. The van der Waals surface area contributed by atoms with Crippen LogP contribution in [0.2, 0.25) is 0 Å². The number of carboxylic acids is 3. The van der Waals surface area contributed by atoms with E-state index in [1.54, 1.807) is 13.8 Å². The molecule has 4 amide bonds. The summed E-state index contributed by atoms with van der Waals surface area (Å²) in [4.78, 5) is 105. The molecule has 0 aromatic carbocycles. The molecule has 2 unspecified atom stereocenters. The Kier molecular flexibility index (Phi) is 48.9. The summed E-state index contributed by atoms with van der Waals surface area (Å²) in [6.45, 7) is 9.16. The van der Waals surface area contributed by atoms with Gasteiger partial charge in [-0.25, -0.2) is 4.79 Å². The number of carbonyl (C=O) groups is 9. The fourth-order valence-electron chi connectivity index (χ4n) is 8.96. The van der Waals surface area contributed by atoms with Crippen molar-refractivity contribution in [2.75, 3.05) is 72.5 Å². The lowest BCUT2D eigenvalue weighted by molar-refractivity contribution is -0.145. The number of hydrogen-bond acceptors (Lipinski definition) is 13. The molecule has 20 nitrogen and oxygen atoms in total. The zero-order valence-electron chi connectivity index (χ0n) is 48.2. The van der Waals surface area contributed by atoms with Crippen LogP contribution in [0.25, 0.3) is 0 Å². The third kappa shape index (κ3) is 46.4. The summed E-state index contributed by atoms with van der Waals surface area (Å²) in [6.07, 6.45) is 26.0. The number of hydrogen-bond donors (Lipinski definition) is 7. The van der Waals surface area contributed by atoms with Crippen molar-refractivity contribution in [1.29, 1.82) is 0 Å². The van der Waals surface area contributed by atoms with Crippen molar-refractivity contribution in [2.24, 2.45) is 17.8 Å². The normalized spacial score (nSPS) is 14.8. The van der Waals surface area contributed by atoms with Crippen molar-refractivity contribution in [3.05, 3.63) is 0 Å². The minimum atomic E-state index is -1.07. The summed E-state index contributed by atoms with van der Waals surface area (Å²) in [5.74, 6) is -4.26. The number of unbranched alkanes of at least 4 members (excludes halogenated alkanes) is 16. The first-order chi connectivity index (χ1) is 37.6. The molecule has 1 saturated carbocycles. The summed E-state index contributed by atoms with van der Waals surface area (Å²) in [7, 11) is 0. The first-order valence-electron chi connectivity index (χ1n) is 29.7. The van der Waals surface area contributed by atoms with E-state index in [2.05, 4.69) is 21.3 Å². The highest BCUT2D eigenvalue weighted by Crippen LogP contribution is 2.31. The van der Waals surface area contributed by atoms with E-state index >= 15 is 0 Å². The number of carboxylic acid groups (broad SMARTS) is 3. The standard InChI is InChI=1S/C45H80N2O11.C13H24N2O5/c1-2-56-30-19-20-40(48)36-58-33-32-57-31-29-46-43(51)28-27-39(45(54)55)34-41(49)38-25-23-37(24-26-38)35-47-42(50)21-17-15-13-11-9-7-5-3-4-6-8-10-12-14-16-18-22-44(52)53;1-3-11(16)14-8-6-5-7-10(13(18)19)15-12(17)9-20-4-2/h37-39H,2-36H2,1H3,(H,46,51)(H,47,50)(H,52,53)(H,54,55);10H,3-9H2,1-2H3,(H,14,16)(H,15,17)(H,18,19). The average Bonchev–Trinajstić information content (AvgIpc) is 3.41. The van der Waals surface area contributed by atoms with E-state index in [0.717, 1.165) is 44.9 Å². The van der Waals surface area contributed by atoms with Crippen molar-refractivity contribution in [3.63, 3.8) is 0 Å². The summed E-state index contributed by atoms with van der Waals surface area (Å²) in [5.41, 5.74) is 0. The lowest BCUT2D eigenvalue weighted by Crippen LogP contribution is -2.42. The van der Waals surface area contributed by atoms with Gasteiger partial charge in [-0.2, -0.15) is 0 Å². The number of amides is 4. The van der Waals surface area contributed by atoms with Gasteiger partial charge in [-0.05, 0) is 90.4 Å². The number of aliphatic carboxylic acids is 3. The zero-order chi connectivity index (χ0) is 57.9. The Bertz CT molecular complexity index is 1630. The molecule has 1 rings (SSSR count). The van der Waals surface area contributed by atoms with Crippen molar-refractivity contribution in [3.8, 4) is 0 Å². The molecule has 0 aliphatic heterocycles. The SMILES string of the molecule is CCOCC(=O)NC(CCCCNC(=O)CC)C(=O)O.CCOCCCC(=O)COCCOCCNC(=O)CCC(CC(=O)C1CCC(CNC(=O)CCCCCCCCCCCCCCCCCCC(=O)O)CC1)C(=O)O. The predicted octanol–water partition coefficient (Wildman–Crippen LogP) is 8.28. The van der Waals surface area contributed by atoms with Gasteiger partial charge < -0.3 is 55.5 Å². The topological polar surface area (TPSA) is 299 Å². The Labute approximate surface area is 466 Å². The molecule has 0 aromatic heterocycles. The van der Waals surface area contributed by atoms with Gasteiger partial charge in [-0.3, -0.25) is 38.4 Å². The smallest absolute Gasteiger partial charge is 0.326 e. The molecule has 7 N–H and O–H groups in total. The van der Waals surface area contributed by atoms with Gasteiger partial charge in [0.25, 0.3) is 0 Å². The maximum absolute atomic E-state index is 13.0. The molecule has 1 aliphatic carbocycles. The van der Waals surface area contributed by atoms with Gasteiger partial charge in [0.1, 0.15) is 25.0 Å². The van der Waals surface area contributed by atoms with E-state index in [0.29, 0.717) is 103 Å². The molecule has 2 atom stereocenters. The van der Waals surface area contributed by atoms with E-state index in [-0.39, 0.29) is 94.0 Å². The molecule has 0 radical (unpaired) electrons. The van der Waals surface area contributed by atoms with Crippen LogP contribution in [0.4, 0.5) is 0 Å². The summed E-state index contributed by atoms with van der Waals surface area (Å²) in [6, 6.07) is -0.912. The summed E-state index contributed by atoms with van der Waals surface area (Å²) >= 11 is 0. The van der Waals surface area contributed by atoms with Gasteiger partial charge >= 0.3 is 17.9 Å². The van der Waals surface area contributed by atoms with Crippen molar-refractivity contribution < 1.29 is 77.4 Å². The number of nitrogens with one attached hydrogen (secondary N) is 4. The van der Waals surface area contributed by atoms with Crippen LogP contribution in [-0.2, 0) is 62.1 Å². The Morgan fingerprint density at radius 1 is 0.462 bits per heavy atom. The number of ether oxygens (including phenoxy) is 4. The van der Waals surface area contributed by atoms with Gasteiger partial charge in [-0.15, -0.1) is 0 Å². The predicted molar refractivity (Wildman–Crippen MR) is 298 cm³/mol. The van der Waals surface area contributed by atoms with E-state index in [1.807, 2.05) is 6.92 Å². The highest BCUT2D eigenvalue weighted by atomic mass is 16.5. The quantitative estimate of drug-likeness (QED) is 0.0282. The van der Waals surface area contributed by atoms with Gasteiger partial charge in [-0.1, -0.05) is 96.8 Å². The van der Waals surface area contributed by atoms with E-state index in [4.69, 9.17) is 29.2 Å². The lowest BCUT2D eigenvalue weighted by atomic mass is 9.78. The Balaban J connectivity index is 0.00000249. The van der Waals surface area contributed by atoms with Gasteiger partial charge in [0.15, 0.2) is 5.78 Å². The molecule has 0 bridgehead atoms. The van der Waals surface area contributed by atoms with Crippen LogP contribution < -0.4 is 21.3 Å². The van der Waals surface area contributed by atoms with Crippen molar-refractivity contribution >= 4 is 53.1 Å². The van der Waals surface area contributed by atoms with Gasteiger partial charge in [0.2, 0.25) is 23.6 Å². The van der Waals surface area contributed by atoms with E-state index in [9.17, 15) is 48.3 Å². The first kappa shape index (κ1) is 73.5. The molecule has 452 valence electrons. The molecule has 0 aromatic rings. The van der Waals surface area contributed by atoms with Gasteiger partial charge in [0, 0.05) is 83.9 Å². The van der Waals surface area contributed by atoms with Crippen LogP contribution in [0, 0.1) is 17.8 Å². The molecular weight excluding hydrogens is 1010 g/mol. The Hall–Kier alpha value is -4.53. The Morgan fingerprint density at radius 3 is 1.56 bits per heavy atom. The molecule has 0 saturated heterocycles. The summed E-state index contributed by atoms with van der Waals surface area (Å²) < 4.78 is 20.8. The fourth-order valence-corrected chi connectivity index (χ4v) is 8.96. The van der Waals surface area contributed by atoms with Crippen LogP contribution in [0.5, 0.6) is 0 Å². The monoisotopic (exact) mass is 1110 g/mol. The zero-order valence-corrected chi connectivity index (χ0v) is 48.2.